The molecule has 1 N–H and O–H groups in total. The van der Waals surface area contributed by atoms with E-state index in [4.69, 9.17) is 0 Å². The van der Waals surface area contributed by atoms with Gasteiger partial charge in [-0.3, -0.25) is 4.79 Å². The van der Waals surface area contributed by atoms with Crippen LogP contribution in [0.5, 0.6) is 0 Å². The third-order valence-corrected chi connectivity index (χ3v) is 2.56. The molecule has 1 aromatic carbocycles. The van der Waals surface area contributed by atoms with Crippen LogP contribution in [-0.2, 0) is 6.42 Å². The second kappa shape index (κ2) is 4.31. The standard InChI is InChI=1S/C13H12FNO/c1-2-9-7-15-8-12(13(9)16)10-3-5-11(14)6-4-10/h3-8H,2H2,1H3,(H,15,16). The molecule has 2 rings (SSSR count). The summed E-state index contributed by atoms with van der Waals surface area (Å²) in [6.45, 7) is 1.93. The summed E-state index contributed by atoms with van der Waals surface area (Å²) in [6, 6.07) is 5.93. The fourth-order valence-electron chi connectivity index (χ4n) is 1.64. The van der Waals surface area contributed by atoms with E-state index in [1.807, 2.05) is 6.92 Å². The molecule has 0 atom stereocenters. The first-order valence-electron chi connectivity index (χ1n) is 5.18. The Hall–Kier alpha value is -1.90. The minimum atomic E-state index is -0.299. The van der Waals surface area contributed by atoms with Gasteiger partial charge in [0.2, 0.25) is 0 Å². The highest BCUT2D eigenvalue weighted by molar-refractivity contribution is 5.62. The van der Waals surface area contributed by atoms with Crippen molar-refractivity contribution < 1.29 is 4.39 Å². The largest absolute Gasteiger partial charge is 0.367 e. The van der Waals surface area contributed by atoms with Gasteiger partial charge in [0.1, 0.15) is 5.82 Å². The second-order valence-corrected chi connectivity index (χ2v) is 3.58. The van der Waals surface area contributed by atoms with Crippen LogP contribution in [0.3, 0.4) is 0 Å². The Morgan fingerprint density at radius 3 is 2.50 bits per heavy atom. The molecule has 1 heterocycles. The lowest BCUT2D eigenvalue weighted by molar-refractivity contribution is 0.628. The van der Waals surface area contributed by atoms with Gasteiger partial charge in [-0.05, 0) is 24.1 Å². The van der Waals surface area contributed by atoms with E-state index in [1.165, 1.54) is 12.1 Å². The Bertz CT molecular complexity index is 543. The zero-order valence-corrected chi connectivity index (χ0v) is 8.96. The second-order valence-electron chi connectivity index (χ2n) is 3.58. The molecule has 0 aliphatic heterocycles. The van der Waals surface area contributed by atoms with Gasteiger partial charge in [0.25, 0.3) is 0 Å². The lowest BCUT2D eigenvalue weighted by Gasteiger charge is -2.02. The number of hydrogen-bond acceptors (Lipinski definition) is 1. The van der Waals surface area contributed by atoms with Gasteiger partial charge in [-0.2, -0.15) is 0 Å². The zero-order valence-electron chi connectivity index (χ0n) is 8.96. The fraction of sp³-hybridized carbons (Fsp3) is 0.154. The average Bonchev–Trinajstić information content (AvgIpc) is 2.31. The van der Waals surface area contributed by atoms with Gasteiger partial charge in [0.05, 0.1) is 0 Å². The van der Waals surface area contributed by atoms with Crippen LogP contribution >= 0.6 is 0 Å². The SMILES string of the molecule is CCc1c[nH]cc(-c2ccc(F)cc2)c1=O. The van der Waals surface area contributed by atoms with Gasteiger partial charge in [0, 0.05) is 23.5 Å². The van der Waals surface area contributed by atoms with Crippen molar-refractivity contribution in [2.45, 2.75) is 13.3 Å². The smallest absolute Gasteiger partial charge is 0.192 e. The predicted octanol–water partition coefficient (Wildman–Crippen LogP) is 2.74. The maximum atomic E-state index is 12.8. The van der Waals surface area contributed by atoms with E-state index in [0.29, 0.717) is 12.0 Å². The summed E-state index contributed by atoms with van der Waals surface area (Å²) >= 11 is 0. The third kappa shape index (κ3) is 1.89. The molecular weight excluding hydrogens is 205 g/mol. The fourth-order valence-corrected chi connectivity index (χ4v) is 1.64. The lowest BCUT2D eigenvalue weighted by atomic mass is 10.0. The average molecular weight is 217 g/mol. The van der Waals surface area contributed by atoms with Gasteiger partial charge in [-0.1, -0.05) is 19.1 Å². The number of aromatic nitrogens is 1. The Morgan fingerprint density at radius 2 is 1.88 bits per heavy atom. The summed E-state index contributed by atoms with van der Waals surface area (Å²) in [4.78, 5) is 14.9. The van der Waals surface area contributed by atoms with E-state index >= 15 is 0 Å². The van der Waals surface area contributed by atoms with Crippen molar-refractivity contribution in [2.75, 3.05) is 0 Å². The minimum absolute atomic E-state index is 0.00728. The number of pyridine rings is 1. The molecule has 0 saturated heterocycles. The number of rotatable bonds is 2. The van der Waals surface area contributed by atoms with Crippen molar-refractivity contribution in [1.82, 2.24) is 4.98 Å². The molecule has 0 saturated carbocycles. The van der Waals surface area contributed by atoms with Crippen LogP contribution in [0.15, 0.2) is 41.5 Å². The van der Waals surface area contributed by atoms with Crippen molar-refractivity contribution in [3.63, 3.8) is 0 Å². The molecule has 3 heteroatoms. The third-order valence-electron chi connectivity index (χ3n) is 2.56. The molecule has 0 fully saturated rings. The highest BCUT2D eigenvalue weighted by Gasteiger charge is 2.05. The van der Waals surface area contributed by atoms with Gasteiger partial charge in [-0.25, -0.2) is 4.39 Å². The topological polar surface area (TPSA) is 32.9 Å². The Balaban J connectivity index is 2.56. The normalized spacial score (nSPS) is 10.4. The van der Waals surface area contributed by atoms with Crippen molar-refractivity contribution in [3.8, 4) is 11.1 Å². The first kappa shape index (κ1) is 10.6. The summed E-state index contributed by atoms with van der Waals surface area (Å²) in [7, 11) is 0. The number of H-pyrrole nitrogens is 1. The first-order valence-corrected chi connectivity index (χ1v) is 5.18. The van der Waals surface area contributed by atoms with Crippen LogP contribution in [-0.4, -0.2) is 4.98 Å². The van der Waals surface area contributed by atoms with E-state index in [-0.39, 0.29) is 11.2 Å². The molecule has 2 nitrogen and oxygen atoms in total. The van der Waals surface area contributed by atoms with Crippen LogP contribution in [0, 0.1) is 5.82 Å². The monoisotopic (exact) mass is 217 g/mol. The van der Waals surface area contributed by atoms with Crippen molar-refractivity contribution >= 4 is 0 Å². The molecule has 0 amide bonds. The van der Waals surface area contributed by atoms with Gasteiger partial charge in [-0.15, -0.1) is 0 Å². The molecule has 0 radical (unpaired) electrons. The number of hydrogen-bond donors (Lipinski definition) is 1. The van der Waals surface area contributed by atoms with Crippen LogP contribution < -0.4 is 5.43 Å². The van der Waals surface area contributed by atoms with Crippen LogP contribution in [0.1, 0.15) is 12.5 Å². The van der Waals surface area contributed by atoms with Gasteiger partial charge in [0.15, 0.2) is 5.43 Å². The Kier molecular flexibility index (Phi) is 2.86. The number of aromatic amines is 1. The molecule has 1 aromatic heterocycles. The van der Waals surface area contributed by atoms with Crippen molar-refractivity contribution in [1.29, 1.82) is 0 Å². The highest BCUT2D eigenvalue weighted by Crippen LogP contribution is 2.15. The van der Waals surface area contributed by atoms with Crippen LogP contribution in [0.4, 0.5) is 4.39 Å². The van der Waals surface area contributed by atoms with E-state index in [1.54, 1.807) is 24.5 Å². The molecule has 0 spiro atoms. The van der Waals surface area contributed by atoms with Gasteiger partial charge >= 0.3 is 0 Å². The van der Waals surface area contributed by atoms with E-state index in [2.05, 4.69) is 4.98 Å². The van der Waals surface area contributed by atoms with Crippen LogP contribution in [0.25, 0.3) is 11.1 Å². The van der Waals surface area contributed by atoms with E-state index in [9.17, 15) is 9.18 Å². The molecule has 16 heavy (non-hydrogen) atoms. The zero-order chi connectivity index (χ0) is 11.5. The maximum absolute atomic E-state index is 12.8. The highest BCUT2D eigenvalue weighted by atomic mass is 19.1. The summed E-state index contributed by atoms with van der Waals surface area (Å²) in [6.07, 6.45) is 4.04. The summed E-state index contributed by atoms with van der Waals surface area (Å²) in [5, 5.41) is 0. The van der Waals surface area contributed by atoms with E-state index in [0.717, 1.165) is 11.1 Å². The van der Waals surface area contributed by atoms with Crippen LogP contribution in [0.2, 0.25) is 0 Å². The predicted molar refractivity (Wildman–Crippen MR) is 61.8 cm³/mol. The number of nitrogens with one attached hydrogen (secondary N) is 1. The molecule has 0 unspecified atom stereocenters. The molecule has 0 bridgehead atoms. The Morgan fingerprint density at radius 1 is 1.19 bits per heavy atom. The Labute approximate surface area is 92.8 Å². The van der Waals surface area contributed by atoms with Crippen molar-refractivity contribution in [3.05, 3.63) is 58.3 Å². The number of aryl methyl sites for hydroxylation is 1. The molecule has 0 aliphatic rings. The summed E-state index contributed by atoms with van der Waals surface area (Å²) < 4.78 is 12.8. The first-order chi connectivity index (χ1) is 7.72. The van der Waals surface area contributed by atoms with E-state index < -0.39 is 0 Å². The molecule has 2 aromatic rings. The summed E-state index contributed by atoms with van der Waals surface area (Å²) in [5.41, 5.74) is 2.06. The number of halogens is 1. The molecular formula is C13H12FNO. The maximum Gasteiger partial charge on any atom is 0.192 e. The molecule has 82 valence electrons. The summed E-state index contributed by atoms with van der Waals surface area (Å²) in [5.74, 6) is -0.299. The quantitative estimate of drug-likeness (QED) is 0.824. The van der Waals surface area contributed by atoms with Crippen molar-refractivity contribution in [2.24, 2.45) is 0 Å². The minimum Gasteiger partial charge on any atom is -0.367 e. The van der Waals surface area contributed by atoms with Gasteiger partial charge < -0.3 is 4.98 Å². The molecule has 0 aliphatic carbocycles. The lowest BCUT2D eigenvalue weighted by Crippen LogP contribution is -2.10. The number of benzene rings is 1.